The average molecular weight is 461 g/mol. The molecule has 0 spiro atoms. The largest absolute Gasteiger partial charge is 0.0564 e. The van der Waals surface area contributed by atoms with Crippen LogP contribution >= 0.6 is 0 Å². The van der Waals surface area contributed by atoms with E-state index in [1.165, 1.54) is 66.8 Å². The Balaban J connectivity index is 2.16. The van der Waals surface area contributed by atoms with Gasteiger partial charge in [0, 0.05) is 11.3 Å². The second kappa shape index (κ2) is 9.50. The van der Waals surface area contributed by atoms with Crippen molar-refractivity contribution in [2.45, 2.75) is 73.6 Å². The zero-order chi connectivity index (χ0) is 25.5. The van der Waals surface area contributed by atoms with Crippen LogP contribution in [0, 0.1) is 55.4 Å². The molecule has 4 aromatic rings. The molecule has 0 saturated carbocycles. The van der Waals surface area contributed by atoms with Crippen LogP contribution in [0.4, 0.5) is 0 Å². The summed E-state index contributed by atoms with van der Waals surface area (Å²) in [7, 11) is 0. The summed E-state index contributed by atoms with van der Waals surface area (Å²) in [5.41, 5.74) is 15.8. The smallest absolute Gasteiger partial charge is 0.0284 e. The van der Waals surface area contributed by atoms with Gasteiger partial charge in [-0.1, -0.05) is 124 Å². The van der Waals surface area contributed by atoms with Crippen molar-refractivity contribution in [3.63, 3.8) is 0 Å². The standard InChI is InChI=1S/C35H40/c1-22-10-23(2)15-30(14-22)34(31-16-24(3)11-25(4)17-31)35(9,32-18-26(5)12-27(6)19-32)33-20-28(7)13-29(8)21-33/h10-21,34H,1-9H3. The van der Waals surface area contributed by atoms with E-state index in [9.17, 15) is 0 Å². The van der Waals surface area contributed by atoms with Crippen molar-refractivity contribution in [1.82, 2.24) is 0 Å². The second-order valence-electron chi connectivity index (χ2n) is 11.2. The SMILES string of the molecule is Cc1cc(C)cc(C(c2cc(C)cc(C)c2)C(C)(c2cc(C)cc(C)c2)c2cc(C)cc(C)c2)c1. The van der Waals surface area contributed by atoms with Gasteiger partial charge in [-0.3, -0.25) is 0 Å². The Kier molecular flexibility index (Phi) is 6.78. The van der Waals surface area contributed by atoms with E-state index in [1.807, 2.05) is 0 Å². The van der Waals surface area contributed by atoms with Crippen LogP contribution in [0.25, 0.3) is 0 Å². The predicted molar refractivity (Wildman–Crippen MR) is 152 cm³/mol. The number of aryl methyl sites for hydroxylation is 8. The topological polar surface area (TPSA) is 0 Å². The molecule has 0 heteroatoms. The first-order valence-corrected chi connectivity index (χ1v) is 12.8. The van der Waals surface area contributed by atoms with Crippen molar-refractivity contribution in [2.75, 3.05) is 0 Å². The van der Waals surface area contributed by atoms with Gasteiger partial charge < -0.3 is 0 Å². The van der Waals surface area contributed by atoms with Gasteiger partial charge in [-0.05, 0) is 77.6 Å². The van der Waals surface area contributed by atoms with Crippen LogP contribution in [0.2, 0.25) is 0 Å². The zero-order valence-corrected chi connectivity index (χ0v) is 23.0. The summed E-state index contributed by atoms with van der Waals surface area (Å²) in [6, 6.07) is 28.4. The van der Waals surface area contributed by atoms with E-state index in [0.29, 0.717) is 0 Å². The molecule has 0 unspecified atom stereocenters. The van der Waals surface area contributed by atoms with Gasteiger partial charge in [0.1, 0.15) is 0 Å². The Bertz CT molecular complexity index is 1200. The number of hydrogen-bond donors (Lipinski definition) is 0. The highest BCUT2D eigenvalue weighted by molar-refractivity contribution is 5.54. The lowest BCUT2D eigenvalue weighted by Gasteiger charge is -2.41. The maximum atomic E-state index is 2.47. The molecule has 0 aliphatic carbocycles. The summed E-state index contributed by atoms with van der Waals surface area (Å²) in [6.45, 7) is 20.2. The molecule has 35 heavy (non-hydrogen) atoms. The third kappa shape index (κ3) is 5.13. The molecule has 0 nitrogen and oxygen atoms in total. The molecule has 0 atom stereocenters. The number of benzene rings is 4. The highest BCUT2D eigenvalue weighted by Crippen LogP contribution is 2.49. The first-order chi connectivity index (χ1) is 16.4. The van der Waals surface area contributed by atoms with Gasteiger partial charge >= 0.3 is 0 Å². The molecule has 0 heterocycles. The fourth-order valence-corrected chi connectivity index (χ4v) is 6.26. The van der Waals surface area contributed by atoms with Crippen LogP contribution in [0.15, 0.2) is 72.8 Å². The Labute approximate surface area is 213 Å². The molecular formula is C35H40. The van der Waals surface area contributed by atoms with Crippen molar-refractivity contribution >= 4 is 0 Å². The van der Waals surface area contributed by atoms with Gasteiger partial charge in [-0.15, -0.1) is 0 Å². The molecule has 4 rings (SSSR count). The molecule has 0 aromatic heterocycles. The molecule has 0 amide bonds. The van der Waals surface area contributed by atoms with E-state index in [1.54, 1.807) is 0 Å². The maximum absolute atomic E-state index is 2.47. The van der Waals surface area contributed by atoms with Crippen LogP contribution in [-0.4, -0.2) is 0 Å². The van der Waals surface area contributed by atoms with E-state index < -0.39 is 0 Å². The lowest BCUT2D eigenvalue weighted by atomic mass is 9.61. The van der Waals surface area contributed by atoms with E-state index in [-0.39, 0.29) is 11.3 Å². The minimum Gasteiger partial charge on any atom is -0.0564 e. The van der Waals surface area contributed by atoms with Crippen LogP contribution < -0.4 is 0 Å². The molecule has 4 aromatic carbocycles. The van der Waals surface area contributed by atoms with Gasteiger partial charge in [0.2, 0.25) is 0 Å². The van der Waals surface area contributed by atoms with Crippen molar-refractivity contribution in [3.8, 4) is 0 Å². The minimum atomic E-state index is -0.256. The van der Waals surface area contributed by atoms with E-state index in [2.05, 4.69) is 135 Å². The minimum absolute atomic E-state index is 0.169. The first kappa shape index (κ1) is 25.0. The van der Waals surface area contributed by atoms with Gasteiger partial charge in [0.15, 0.2) is 0 Å². The highest BCUT2D eigenvalue weighted by atomic mass is 14.4. The molecular weight excluding hydrogens is 420 g/mol. The summed E-state index contributed by atoms with van der Waals surface area (Å²) in [6.07, 6.45) is 0. The molecule has 0 bridgehead atoms. The normalized spacial score (nSPS) is 11.8. The first-order valence-electron chi connectivity index (χ1n) is 12.8. The molecule has 0 N–H and O–H groups in total. The van der Waals surface area contributed by atoms with Crippen LogP contribution in [0.1, 0.15) is 79.6 Å². The monoisotopic (exact) mass is 460 g/mol. The fraction of sp³-hybridized carbons (Fsp3) is 0.314. The Morgan fingerprint density at radius 1 is 0.371 bits per heavy atom. The lowest BCUT2D eigenvalue weighted by molar-refractivity contribution is 0.496. The Morgan fingerprint density at radius 2 is 0.600 bits per heavy atom. The van der Waals surface area contributed by atoms with Crippen molar-refractivity contribution in [2.24, 2.45) is 0 Å². The third-order valence-corrected chi connectivity index (χ3v) is 7.37. The van der Waals surface area contributed by atoms with Crippen molar-refractivity contribution in [3.05, 3.63) is 140 Å². The van der Waals surface area contributed by atoms with E-state index in [4.69, 9.17) is 0 Å². The van der Waals surface area contributed by atoms with Crippen molar-refractivity contribution < 1.29 is 0 Å². The van der Waals surface area contributed by atoms with E-state index >= 15 is 0 Å². The van der Waals surface area contributed by atoms with E-state index in [0.717, 1.165) is 0 Å². The van der Waals surface area contributed by atoms with Gasteiger partial charge in [-0.2, -0.15) is 0 Å². The average Bonchev–Trinajstić information content (AvgIpc) is 2.71. The van der Waals surface area contributed by atoms with Crippen molar-refractivity contribution in [1.29, 1.82) is 0 Å². The summed E-state index contributed by atoms with van der Waals surface area (Å²) < 4.78 is 0. The molecule has 0 fully saturated rings. The number of rotatable bonds is 5. The van der Waals surface area contributed by atoms with Gasteiger partial charge in [0.05, 0.1) is 0 Å². The van der Waals surface area contributed by atoms with Crippen LogP contribution in [0.5, 0.6) is 0 Å². The Morgan fingerprint density at radius 3 is 0.857 bits per heavy atom. The zero-order valence-electron chi connectivity index (χ0n) is 23.0. The highest BCUT2D eigenvalue weighted by Gasteiger charge is 2.40. The maximum Gasteiger partial charge on any atom is 0.0284 e. The van der Waals surface area contributed by atoms with Crippen LogP contribution in [0.3, 0.4) is 0 Å². The molecule has 0 radical (unpaired) electrons. The predicted octanol–water partition coefficient (Wildman–Crippen LogP) is 9.29. The lowest BCUT2D eigenvalue weighted by Crippen LogP contribution is -2.33. The molecule has 0 saturated heterocycles. The summed E-state index contributed by atoms with van der Waals surface area (Å²) in [5, 5.41) is 0. The van der Waals surface area contributed by atoms with Gasteiger partial charge in [0.25, 0.3) is 0 Å². The summed E-state index contributed by atoms with van der Waals surface area (Å²) in [4.78, 5) is 0. The quantitative estimate of drug-likeness (QED) is 0.278. The second-order valence-corrected chi connectivity index (χ2v) is 11.2. The molecule has 180 valence electrons. The van der Waals surface area contributed by atoms with Crippen LogP contribution in [-0.2, 0) is 5.41 Å². The Hall–Kier alpha value is -3.12. The number of hydrogen-bond acceptors (Lipinski definition) is 0. The third-order valence-electron chi connectivity index (χ3n) is 7.37. The molecule has 0 aliphatic heterocycles. The summed E-state index contributed by atoms with van der Waals surface area (Å²) >= 11 is 0. The molecule has 0 aliphatic rings. The van der Waals surface area contributed by atoms with Gasteiger partial charge in [-0.25, -0.2) is 0 Å². The fourth-order valence-electron chi connectivity index (χ4n) is 6.26. The summed E-state index contributed by atoms with van der Waals surface area (Å²) in [5.74, 6) is 0.169.